The van der Waals surface area contributed by atoms with Crippen molar-refractivity contribution in [3.8, 4) is 11.6 Å². The highest BCUT2D eigenvalue weighted by Crippen LogP contribution is 2.28. The van der Waals surface area contributed by atoms with E-state index < -0.39 is 0 Å². The van der Waals surface area contributed by atoms with Crippen LogP contribution >= 0.6 is 23.2 Å². The zero-order valence-corrected chi connectivity index (χ0v) is 16.3. The average molecular weight is 398 g/mol. The molecular weight excluding hydrogens is 377 g/mol. The number of aromatic nitrogens is 2. The molecule has 0 saturated carbocycles. The maximum atomic E-state index is 12.1. The first kappa shape index (κ1) is 19.2. The van der Waals surface area contributed by atoms with E-state index in [4.69, 9.17) is 32.7 Å². The number of rotatable bonds is 6. The molecule has 1 saturated heterocycles. The molecule has 0 amide bonds. The Morgan fingerprint density at radius 1 is 1.27 bits per heavy atom. The third kappa shape index (κ3) is 4.20. The van der Waals surface area contributed by atoms with Crippen LogP contribution in [-0.4, -0.2) is 59.9 Å². The lowest BCUT2D eigenvalue weighted by Crippen LogP contribution is -2.38. The third-order valence-corrected chi connectivity index (χ3v) is 5.07. The van der Waals surface area contributed by atoms with Crippen molar-refractivity contribution in [1.82, 2.24) is 14.7 Å². The minimum atomic E-state index is -0.0878. The zero-order chi connectivity index (χ0) is 18.7. The Morgan fingerprint density at radius 2 is 2.00 bits per heavy atom. The van der Waals surface area contributed by atoms with E-state index in [9.17, 15) is 4.79 Å². The lowest BCUT2D eigenvalue weighted by atomic mass is 10.2. The normalized spacial score (nSPS) is 15.2. The van der Waals surface area contributed by atoms with Gasteiger partial charge >= 0.3 is 0 Å². The molecule has 8 heteroatoms. The van der Waals surface area contributed by atoms with Crippen molar-refractivity contribution in [3.05, 3.63) is 39.5 Å². The number of morpholine rings is 1. The van der Waals surface area contributed by atoms with Crippen LogP contribution in [0.5, 0.6) is 5.88 Å². The first-order chi connectivity index (χ1) is 12.5. The number of nitrogens with zero attached hydrogens (tertiary/aromatic N) is 3. The summed E-state index contributed by atoms with van der Waals surface area (Å²) in [5, 5.41) is 5.38. The summed E-state index contributed by atoms with van der Waals surface area (Å²) in [6.07, 6.45) is 0. The van der Waals surface area contributed by atoms with Crippen LogP contribution in [0.3, 0.4) is 0 Å². The van der Waals surface area contributed by atoms with Gasteiger partial charge in [-0.1, -0.05) is 23.2 Å². The summed E-state index contributed by atoms with van der Waals surface area (Å²) in [6.45, 7) is 7.82. The molecule has 0 aliphatic carbocycles. The topological polar surface area (TPSA) is 56.6 Å². The fourth-order valence-electron chi connectivity index (χ4n) is 2.95. The van der Waals surface area contributed by atoms with E-state index in [2.05, 4.69) is 10.00 Å². The minimum absolute atomic E-state index is 0.0878. The number of carbonyl (C=O) groups is 1. The number of Topliss-reactive ketones (excluding diaryl/α,β-unsaturated/α-hetero) is 1. The molecule has 2 heterocycles. The standard InChI is InChI=1S/C18H21Cl2N3O3/c1-12-17(13(2)24)18(26-10-7-22-5-8-25-9-6-22)21-23(12)14-3-4-15(19)16(20)11-14/h3-4,11H,5-10H2,1-2H3. The Balaban J connectivity index is 1.80. The summed E-state index contributed by atoms with van der Waals surface area (Å²) in [4.78, 5) is 14.4. The summed E-state index contributed by atoms with van der Waals surface area (Å²) >= 11 is 12.1. The van der Waals surface area contributed by atoms with Crippen molar-refractivity contribution in [2.75, 3.05) is 39.5 Å². The molecule has 1 aliphatic rings. The van der Waals surface area contributed by atoms with Crippen LogP contribution in [0.2, 0.25) is 10.0 Å². The number of ketones is 1. The second-order valence-corrected chi connectivity index (χ2v) is 6.95. The van der Waals surface area contributed by atoms with E-state index in [0.717, 1.165) is 38.5 Å². The van der Waals surface area contributed by atoms with Crippen molar-refractivity contribution in [2.24, 2.45) is 0 Å². The van der Waals surface area contributed by atoms with Gasteiger partial charge in [0.2, 0.25) is 5.88 Å². The van der Waals surface area contributed by atoms with Crippen molar-refractivity contribution in [2.45, 2.75) is 13.8 Å². The molecule has 0 N–H and O–H groups in total. The van der Waals surface area contributed by atoms with E-state index in [0.29, 0.717) is 33.8 Å². The summed E-state index contributed by atoms with van der Waals surface area (Å²) < 4.78 is 12.8. The molecule has 0 unspecified atom stereocenters. The summed E-state index contributed by atoms with van der Waals surface area (Å²) in [7, 11) is 0. The lowest BCUT2D eigenvalue weighted by Gasteiger charge is -2.26. The molecule has 0 atom stereocenters. The van der Waals surface area contributed by atoms with Gasteiger partial charge in [0.1, 0.15) is 12.2 Å². The largest absolute Gasteiger partial charge is 0.475 e. The Hall–Kier alpha value is -1.60. The molecule has 6 nitrogen and oxygen atoms in total. The number of carbonyl (C=O) groups excluding carboxylic acids is 1. The Morgan fingerprint density at radius 3 is 2.65 bits per heavy atom. The molecule has 0 bridgehead atoms. The number of ether oxygens (including phenoxy) is 2. The summed E-state index contributed by atoms with van der Waals surface area (Å²) in [5.41, 5.74) is 1.91. The second kappa shape index (κ2) is 8.39. The van der Waals surface area contributed by atoms with Gasteiger partial charge in [-0.2, -0.15) is 0 Å². The van der Waals surface area contributed by atoms with Gasteiger partial charge in [-0.3, -0.25) is 9.69 Å². The lowest BCUT2D eigenvalue weighted by molar-refractivity contribution is 0.0319. The molecule has 3 rings (SSSR count). The van der Waals surface area contributed by atoms with Gasteiger partial charge in [-0.05, 0) is 32.0 Å². The Labute approximate surface area is 162 Å². The first-order valence-corrected chi connectivity index (χ1v) is 9.22. The van der Waals surface area contributed by atoms with E-state index in [1.807, 2.05) is 6.92 Å². The molecule has 2 aromatic rings. The Kier molecular flexibility index (Phi) is 6.19. The van der Waals surface area contributed by atoms with Crippen LogP contribution in [-0.2, 0) is 4.74 Å². The maximum absolute atomic E-state index is 12.1. The van der Waals surface area contributed by atoms with Crippen LogP contribution in [0, 0.1) is 6.92 Å². The first-order valence-electron chi connectivity index (χ1n) is 8.46. The van der Waals surface area contributed by atoms with E-state index in [-0.39, 0.29) is 5.78 Å². The highest BCUT2D eigenvalue weighted by Gasteiger charge is 2.21. The molecule has 0 radical (unpaired) electrons. The fourth-order valence-corrected chi connectivity index (χ4v) is 3.24. The molecule has 1 aromatic carbocycles. The number of hydrogen-bond acceptors (Lipinski definition) is 5. The van der Waals surface area contributed by atoms with Crippen LogP contribution in [0.15, 0.2) is 18.2 Å². The SMILES string of the molecule is CC(=O)c1c(OCCN2CCOCC2)nn(-c2ccc(Cl)c(Cl)c2)c1C. The van der Waals surface area contributed by atoms with Crippen LogP contribution < -0.4 is 4.74 Å². The second-order valence-electron chi connectivity index (χ2n) is 6.13. The minimum Gasteiger partial charge on any atom is -0.475 e. The summed E-state index contributed by atoms with van der Waals surface area (Å²) in [5.74, 6) is 0.254. The number of halogens is 2. The van der Waals surface area contributed by atoms with Gasteiger partial charge in [0, 0.05) is 19.6 Å². The smallest absolute Gasteiger partial charge is 0.244 e. The van der Waals surface area contributed by atoms with Crippen molar-refractivity contribution in [3.63, 3.8) is 0 Å². The molecule has 140 valence electrons. The van der Waals surface area contributed by atoms with Gasteiger partial charge in [0.15, 0.2) is 5.78 Å². The van der Waals surface area contributed by atoms with E-state index in [1.54, 1.807) is 22.9 Å². The zero-order valence-electron chi connectivity index (χ0n) is 14.8. The van der Waals surface area contributed by atoms with Crippen molar-refractivity contribution in [1.29, 1.82) is 0 Å². The maximum Gasteiger partial charge on any atom is 0.244 e. The van der Waals surface area contributed by atoms with E-state index in [1.165, 1.54) is 6.92 Å². The van der Waals surface area contributed by atoms with Crippen molar-refractivity contribution >= 4 is 29.0 Å². The molecule has 26 heavy (non-hydrogen) atoms. The van der Waals surface area contributed by atoms with Crippen LogP contribution in [0.25, 0.3) is 5.69 Å². The quantitative estimate of drug-likeness (QED) is 0.699. The van der Waals surface area contributed by atoms with Gasteiger partial charge in [0.05, 0.1) is 34.6 Å². The van der Waals surface area contributed by atoms with Gasteiger partial charge in [0.25, 0.3) is 0 Å². The monoisotopic (exact) mass is 397 g/mol. The van der Waals surface area contributed by atoms with Gasteiger partial charge in [-0.15, -0.1) is 5.10 Å². The van der Waals surface area contributed by atoms with Gasteiger partial charge in [-0.25, -0.2) is 4.68 Å². The molecule has 1 aliphatic heterocycles. The summed E-state index contributed by atoms with van der Waals surface area (Å²) in [6, 6.07) is 5.22. The molecule has 1 fully saturated rings. The van der Waals surface area contributed by atoms with E-state index >= 15 is 0 Å². The molecular formula is C18H21Cl2N3O3. The van der Waals surface area contributed by atoms with Crippen LogP contribution in [0.1, 0.15) is 23.0 Å². The van der Waals surface area contributed by atoms with Crippen molar-refractivity contribution < 1.29 is 14.3 Å². The predicted octanol–water partition coefficient (Wildman–Crippen LogP) is 3.40. The highest BCUT2D eigenvalue weighted by molar-refractivity contribution is 6.42. The fraction of sp³-hybridized carbons (Fsp3) is 0.444. The predicted molar refractivity (Wildman–Crippen MR) is 101 cm³/mol. The average Bonchev–Trinajstić information content (AvgIpc) is 2.95. The number of benzene rings is 1. The molecule has 0 spiro atoms. The van der Waals surface area contributed by atoms with Crippen LogP contribution in [0.4, 0.5) is 0 Å². The highest BCUT2D eigenvalue weighted by atomic mass is 35.5. The third-order valence-electron chi connectivity index (χ3n) is 4.33. The van der Waals surface area contributed by atoms with Gasteiger partial charge < -0.3 is 9.47 Å². The molecule has 1 aromatic heterocycles. The Bertz CT molecular complexity index is 801. The number of hydrogen-bond donors (Lipinski definition) is 0.